The average Bonchev–Trinajstić information content (AvgIpc) is 3.84. The van der Waals surface area contributed by atoms with Crippen molar-refractivity contribution in [2.75, 3.05) is 45.0 Å². The molecule has 1 aliphatic rings. The van der Waals surface area contributed by atoms with Crippen LogP contribution in [0, 0.1) is 0 Å². The number of halogens is 4. The molecule has 1 aliphatic carbocycles. The van der Waals surface area contributed by atoms with Crippen molar-refractivity contribution in [2.24, 2.45) is 0 Å². The molecule has 3 aromatic rings. The maximum absolute atomic E-state index is 13.0. The Morgan fingerprint density at radius 1 is 0.980 bits per heavy atom. The number of aromatic nitrogens is 3. The normalized spacial score (nSPS) is 13.8. The lowest BCUT2D eigenvalue weighted by Crippen LogP contribution is -2.43. The third-order valence-electron chi connectivity index (χ3n) is 7.23. The minimum Gasteiger partial charge on any atom is -0.467 e. The van der Waals surface area contributed by atoms with Crippen LogP contribution in [0.5, 0.6) is 6.01 Å². The fourth-order valence-electron chi connectivity index (χ4n) is 4.53. The molecule has 18 heteroatoms. The highest BCUT2D eigenvalue weighted by Crippen LogP contribution is 2.48. The zero-order valence-electron chi connectivity index (χ0n) is 26.7. The zero-order chi connectivity index (χ0) is 35.8. The van der Waals surface area contributed by atoms with Gasteiger partial charge in [0.2, 0.25) is 11.9 Å². The zero-order valence-corrected chi connectivity index (χ0v) is 27.4. The molecule has 262 valence electrons. The molecular formula is C31H34ClF3N8O6. The topological polar surface area (TPSA) is 177 Å². The second-order valence-electron chi connectivity index (χ2n) is 11.2. The molecule has 1 saturated carbocycles. The van der Waals surface area contributed by atoms with Crippen LogP contribution in [0.4, 0.5) is 30.8 Å². The van der Waals surface area contributed by atoms with E-state index in [4.69, 9.17) is 21.1 Å². The number of nitrogens with one attached hydrogen (secondary N) is 4. The van der Waals surface area contributed by atoms with E-state index < -0.39 is 54.1 Å². The van der Waals surface area contributed by atoms with Gasteiger partial charge >= 0.3 is 30.0 Å². The molecule has 1 fully saturated rings. The van der Waals surface area contributed by atoms with Gasteiger partial charge in [-0.05, 0) is 67.6 Å². The number of esters is 1. The first-order valence-corrected chi connectivity index (χ1v) is 15.3. The minimum atomic E-state index is -4.62. The van der Waals surface area contributed by atoms with Crippen LogP contribution in [0.25, 0.3) is 0 Å². The summed E-state index contributed by atoms with van der Waals surface area (Å²) in [6, 6.07) is 11.4. The maximum Gasteiger partial charge on any atom is 0.422 e. The van der Waals surface area contributed by atoms with Gasteiger partial charge in [0.25, 0.3) is 5.91 Å². The number of rotatable bonds is 14. The predicted molar refractivity (Wildman–Crippen MR) is 171 cm³/mol. The summed E-state index contributed by atoms with van der Waals surface area (Å²) in [5, 5.41) is 11.7. The van der Waals surface area contributed by atoms with E-state index in [0.717, 1.165) is 23.3 Å². The van der Waals surface area contributed by atoms with Crippen molar-refractivity contribution in [2.45, 2.75) is 43.4 Å². The minimum absolute atomic E-state index is 0.0177. The SMILES string of the molecule is COC(=O)C(CCCNC(=O)C(=O)N(C)C)NC(=O)c1ccc(Nc2nc(NC3(c4ccc(Cl)cc4)CC3)nc(OCC(F)(F)F)n2)cc1. The summed E-state index contributed by atoms with van der Waals surface area (Å²) in [7, 11) is 4.05. The van der Waals surface area contributed by atoms with Gasteiger partial charge in [0.1, 0.15) is 6.04 Å². The van der Waals surface area contributed by atoms with Gasteiger partial charge in [-0.1, -0.05) is 23.7 Å². The van der Waals surface area contributed by atoms with Crippen molar-refractivity contribution >= 4 is 52.9 Å². The standard InChI is InChI=1S/C31H34ClF3N8O6/c1-43(2)25(46)24(45)36-16-4-5-22(26(47)48-3)38-23(44)18-6-12-21(13-7-18)37-27-39-28(41-29(40-27)49-17-31(33,34)35)42-30(14-15-30)19-8-10-20(32)11-9-19/h6-13,22H,4-5,14-17H2,1-3H3,(H,36,45)(H,38,44)(H2,37,39,40,41,42). The van der Waals surface area contributed by atoms with Crippen LogP contribution in [-0.2, 0) is 24.7 Å². The van der Waals surface area contributed by atoms with Crippen molar-refractivity contribution in [1.82, 2.24) is 30.5 Å². The molecule has 49 heavy (non-hydrogen) atoms. The first-order valence-electron chi connectivity index (χ1n) is 14.9. The Hall–Kier alpha value is -5.19. The Morgan fingerprint density at radius 3 is 2.22 bits per heavy atom. The van der Waals surface area contributed by atoms with Gasteiger partial charge in [0, 0.05) is 36.9 Å². The third-order valence-corrected chi connectivity index (χ3v) is 7.48. The van der Waals surface area contributed by atoms with Crippen LogP contribution < -0.4 is 26.0 Å². The number of ether oxygens (including phenoxy) is 2. The number of hydrogen-bond acceptors (Lipinski definition) is 11. The molecule has 4 rings (SSSR count). The van der Waals surface area contributed by atoms with Crippen molar-refractivity contribution in [3.63, 3.8) is 0 Å². The first kappa shape index (κ1) is 36.6. The van der Waals surface area contributed by atoms with Crippen LogP contribution in [0.1, 0.15) is 41.6 Å². The summed E-state index contributed by atoms with van der Waals surface area (Å²) in [6.07, 6.45) is -2.82. The molecular weight excluding hydrogens is 673 g/mol. The van der Waals surface area contributed by atoms with E-state index in [-0.39, 0.29) is 36.8 Å². The number of benzene rings is 2. The summed E-state index contributed by atoms with van der Waals surface area (Å²) in [5.41, 5.74) is 0.911. The van der Waals surface area contributed by atoms with E-state index in [1.54, 1.807) is 12.1 Å². The molecule has 2 aromatic carbocycles. The lowest BCUT2D eigenvalue weighted by atomic mass is 10.1. The number of likely N-dealkylation sites (N-methyl/N-ethyl adjacent to an activating group) is 1. The Bertz CT molecular complexity index is 1650. The van der Waals surface area contributed by atoms with Gasteiger partial charge in [0.05, 0.1) is 12.6 Å². The molecule has 1 heterocycles. The quantitative estimate of drug-likeness (QED) is 0.110. The highest BCUT2D eigenvalue weighted by atomic mass is 35.5. The van der Waals surface area contributed by atoms with Crippen molar-refractivity contribution in [3.8, 4) is 6.01 Å². The molecule has 1 aromatic heterocycles. The summed E-state index contributed by atoms with van der Waals surface area (Å²) in [4.78, 5) is 62.2. The van der Waals surface area contributed by atoms with Gasteiger partial charge < -0.3 is 35.6 Å². The van der Waals surface area contributed by atoms with E-state index in [2.05, 4.69) is 36.2 Å². The predicted octanol–water partition coefficient (Wildman–Crippen LogP) is 3.57. The van der Waals surface area contributed by atoms with Gasteiger partial charge in [-0.3, -0.25) is 14.4 Å². The second kappa shape index (κ2) is 15.8. The van der Waals surface area contributed by atoms with Crippen LogP contribution in [0.3, 0.4) is 0 Å². The number of methoxy groups -OCH3 is 1. The number of anilines is 3. The summed E-state index contributed by atoms with van der Waals surface area (Å²) in [6.45, 7) is -1.53. The maximum atomic E-state index is 13.0. The van der Waals surface area contributed by atoms with E-state index in [9.17, 15) is 32.3 Å². The Balaban J connectivity index is 1.42. The Morgan fingerprint density at radius 2 is 1.63 bits per heavy atom. The smallest absolute Gasteiger partial charge is 0.422 e. The highest BCUT2D eigenvalue weighted by molar-refractivity contribution is 6.34. The van der Waals surface area contributed by atoms with Gasteiger partial charge in [-0.15, -0.1) is 0 Å². The molecule has 0 saturated heterocycles. The van der Waals surface area contributed by atoms with E-state index in [1.807, 2.05) is 12.1 Å². The molecule has 0 bridgehead atoms. The molecule has 0 radical (unpaired) electrons. The molecule has 4 N–H and O–H groups in total. The van der Waals surface area contributed by atoms with Crippen LogP contribution in [0.2, 0.25) is 5.02 Å². The van der Waals surface area contributed by atoms with Crippen LogP contribution >= 0.6 is 11.6 Å². The van der Waals surface area contributed by atoms with Gasteiger partial charge in [0.15, 0.2) is 6.61 Å². The van der Waals surface area contributed by atoms with Crippen molar-refractivity contribution in [3.05, 3.63) is 64.7 Å². The highest BCUT2D eigenvalue weighted by Gasteiger charge is 2.45. The summed E-state index contributed by atoms with van der Waals surface area (Å²) < 4.78 is 48.3. The molecule has 3 amide bonds. The van der Waals surface area contributed by atoms with Gasteiger partial charge in [-0.25, -0.2) is 4.79 Å². The number of amides is 3. The molecule has 0 spiro atoms. The summed E-state index contributed by atoms with van der Waals surface area (Å²) >= 11 is 6.02. The van der Waals surface area contributed by atoms with Gasteiger partial charge in [-0.2, -0.15) is 28.1 Å². The van der Waals surface area contributed by atoms with E-state index in [1.165, 1.54) is 45.5 Å². The van der Waals surface area contributed by atoms with Crippen molar-refractivity contribution in [1.29, 1.82) is 0 Å². The lowest BCUT2D eigenvalue weighted by molar-refractivity contribution is -0.154. The van der Waals surface area contributed by atoms with Crippen molar-refractivity contribution < 1.29 is 41.8 Å². The monoisotopic (exact) mass is 706 g/mol. The molecule has 1 atom stereocenters. The first-order chi connectivity index (χ1) is 23.2. The largest absolute Gasteiger partial charge is 0.467 e. The number of nitrogens with zero attached hydrogens (tertiary/aromatic N) is 4. The Kier molecular flexibility index (Phi) is 11.8. The molecule has 14 nitrogen and oxygen atoms in total. The second-order valence-corrected chi connectivity index (χ2v) is 11.7. The number of alkyl halides is 3. The summed E-state index contributed by atoms with van der Waals surface area (Å²) in [5.74, 6) is -2.95. The lowest BCUT2D eigenvalue weighted by Gasteiger charge is -2.19. The van der Waals surface area contributed by atoms with E-state index >= 15 is 0 Å². The molecule has 0 aliphatic heterocycles. The van der Waals surface area contributed by atoms with Crippen LogP contribution in [-0.4, -0.2) is 90.1 Å². The number of carbonyl (C=O) groups is 4. The Labute approximate surface area is 284 Å². The third kappa shape index (κ3) is 10.7. The fraction of sp³-hybridized carbons (Fsp3) is 0.387. The average molecular weight is 707 g/mol. The van der Waals surface area contributed by atoms with Crippen LogP contribution in [0.15, 0.2) is 48.5 Å². The number of carbonyl (C=O) groups excluding carboxylic acids is 4. The number of hydrogen-bond donors (Lipinski definition) is 4. The van der Waals surface area contributed by atoms with E-state index in [0.29, 0.717) is 10.7 Å². The molecule has 1 unspecified atom stereocenters. The fourth-order valence-corrected chi connectivity index (χ4v) is 4.65.